The summed E-state index contributed by atoms with van der Waals surface area (Å²) in [4.78, 5) is 1.51. The molecule has 2 aliphatic carbocycles. The van der Waals surface area contributed by atoms with Gasteiger partial charge in [0.1, 0.15) is 0 Å². The van der Waals surface area contributed by atoms with Crippen LogP contribution in [0.1, 0.15) is 41.7 Å². The Balaban J connectivity index is 1.60. The van der Waals surface area contributed by atoms with Crippen LogP contribution in [0.2, 0.25) is 0 Å². The van der Waals surface area contributed by atoms with Gasteiger partial charge >= 0.3 is 0 Å². The first kappa shape index (κ1) is 12.6. The van der Waals surface area contributed by atoms with Crippen LogP contribution >= 0.6 is 11.3 Å². The maximum atomic E-state index is 4.30. The van der Waals surface area contributed by atoms with Gasteiger partial charge in [-0.1, -0.05) is 6.07 Å². The molecule has 2 fully saturated rings. The number of nitrogens with zero attached hydrogens (tertiary/aromatic N) is 1. The predicted molar refractivity (Wildman–Crippen MR) is 93.8 cm³/mol. The predicted octanol–water partition coefficient (Wildman–Crippen LogP) is 4.92. The number of aromatic nitrogens is 2. The highest BCUT2D eigenvalue weighted by atomic mass is 32.1. The monoisotopic (exact) mass is 321 g/mol. The van der Waals surface area contributed by atoms with E-state index in [1.54, 1.807) is 5.56 Å². The Morgan fingerprint density at radius 2 is 2.09 bits per heavy atom. The van der Waals surface area contributed by atoms with Crippen LogP contribution in [0.5, 0.6) is 0 Å². The summed E-state index contributed by atoms with van der Waals surface area (Å²) in [5.41, 5.74) is 4.06. The van der Waals surface area contributed by atoms with E-state index in [0.29, 0.717) is 12.0 Å². The van der Waals surface area contributed by atoms with Crippen molar-refractivity contribution < 1.29 is 0 Å². The standard InChI is InChI=1S/C19H19N3S/c1-2-15(23-7-1)19-17-11-4-3-10(8-11)16(17)18-12-9-20-22-13(12)5-6-14(18)21-19/h1-2,5-7,9-11,16-17,19,21H,3-4,8H2,(H,20,22). The van der Waals surface area contributed by atoms with Gasteiger partial charge in [-0.2, -0.15) is 5.10 Å². The number of benzene rings is 1. The van der Waals surface area contributed by atoms with E-state index in [1.807, 2.05) is 17.5 Å². The SMILES string of the molecule is c1csc(C2Nc3ccc4[nH]ncc4c3C3C4CCC(C4)C23)c1. The summed E-state index contributed by atoms with van der Waals surface area (Å²) in [6, 6.07) is 9.43. The fraction of sp³-hybridized carbons (Fsp3) is 0.421. The minimum atomic E-state index is 0.493. The molecule has 2 bridgehead atoms. The van der Waals surface area contributed by atoms with Crippen molar-refractivity contribution in [3.63, 3.8) is 0 Å². The molecule has 3 aliphatic rings. The van der Waals surface area contributed by atoms with Crippen molar-refractivity contribution in [2.24, 2.45) is 17.8 Å². The summed E-state index contributed by atoms with van der Waals surface area (Å²) in [5.74, 6) is 3.22. The van der Waals surface area contributed by atoms with Crippen molar-refractivity contribution in [3.8, 4) is 0 Å². The molecule has 2 saturated carbocycles. The minimum absolute atomic E-state index is 0.493. The molecule has 0 spiro atoms. The number of aromatic amines is 1. The molecule has 5 unspecified atom stereocenters. The van der Waals surface area contributed by atoms with Gasteiger partial charge in [0, 0.05) is 16.0 Å². The van der Waals surface area contributed by atoms with Gasteiger partial charge in [-0.3, -0.25) is 5.10 Å². The van der Waals surface area contributed by atoms with Crippen LogP contribution in [0.3, 0.4) is 0 Å². The topological polar surface area (TPSA) is 40.7 Å². The lowest BCUT2D eigenvalue weighted by Crippen LogP contribution is -2.35. The van der Waals surface area contributed by atoms with Crippen LogP contribution < -0.4 is 5.32 Å². The molecule has 0 radical (unpaired) electrons. The zero-order chi connectivity index (χ0) is 15.0. The van der Waals surface area contributed by atoms with E-state index in [4.69, 9.17) is 0 Å². The zero-order valence-electron chi connectivity index (χ0n) is 12.8. The van der Waals surface area contributed by atoms with Crippen molar-refractivity contribution in [1.82, 2.24) is 10.2 Å². The maximum absolute atomic E-state index is 4.30. The van der Waals surface area contributed by atoms with Crippen molar-refractivity contribution in [2.75, 3.05) is 5.32 Å². The molecule has 2 N–H and O–H groups in total. The Morgan fingerprint density at radius 1 is 1.13 bits per heavy atom. The molecule has 2 aromatic heterocycles. The van der Waals surface area contributed by atoms with Gasteiger partial charge in [0.2, 0.25) is 0 Å². The summed E-state index contributed by atoms with van der Waals surface area (Å²) in [6.07, 6.45) is 6.29. The highest BCUT2D eigenvalue weighted by Crippen LogP contribution is 2.64. The lowest BCUT2D eigenvalue weighted by molar-refractivity contribution is 0.251. The van der Waals surface area contributed by atoms with Gasteiger partial charge in [-0.05, 0) is 72.1 Å². The van der Waals surface area contributed by atoms with Crippen LogP contribution in [-0.4, -0.2) is 10.2 Å². The summed E-state index contributed by atoms with van der Waals surface area (Å²) in [5, 5.41) is 14.9. The van der Waals surface area contributed by atoms with Crippen molar-refractivity contribution >= 4 is 27.9 Å². The average Bonchev–Trinajstić information content (AvgIpc) is 3.37. The van der Waals surface area contributed by atoms with Gasteiger partial charge < -0.3 is 5.32 Å². The summed E-state index contributed by atoms with van der Waals surface area (Å²) >= 11 is 1.90. The molecule has 6 rings (SSSR count). The normalized spacial score (nSPS) is 34.3. The summed E-state index contributed by atoms with van der Waals surface area (Å²) < 4.78 is 0. The van der Waals surface area contributed by atoms with E-state index in [0.717, 1.165) is 17.8 Å². The van der Waals surface area contributed by atoms with Gasteiger partial charge in [-0.15, -0.1) is 11.3 Å². The minimum Gasteiger partial charge on any atom is -0.377 e. The third-order valence-electron chi connectivity index (χ3n) is 6.53. The fourth-order valence-electron chi connectivity index (χ4n) is 5.76. The second-order valence-corrected chi connectivity index (χ2v) is 8.41. The number of H-pyrrole nitrogens is 1. The first-order valence-electron chi connectivity index (χ1n) is 8.66. The second kappa shape index (κ2) is 4.38. The second-order valence-electron chi connectivity index (χ2n) is 7.43. The Bertz CT molecular complexity index is 881. The molecule has 1 aliphatic heterocycles. The van der Waals surface area contributed by atoms with E-state index in [1.165, 1.54) is 40.7 Å². The molecule has 4 heteroatoms. The fourth-order valence-corrected chi connectivity index (χ4v) is 6.59. The average molecular weight is 321 g/mol. The van der Waals surface area contributed by atoms with Gasteiger partial charge in [-0.25, -0.2) is 0 Å². The number of fused-ring (bicyclic) bond motifs is 9. The van der Waals surface area contributed by atoms with E-state index < -0.39 is 0 Å². The maximum Gasteiger partial charge on any atom is 0.0654 e. The molecule has 0 amide bonds. The van der Waals surface area contributed by atoms with Crippen molar-refractivity contribution in [3.05, 3.63) is 46.3 Å². The number of hydrogen-bond donors (Lipinski definition) is 2. The van der Waals surface area contributed by atoms with Gasteiger partial charge in [0.05, 0.1) is 17.8 Å². The first-order valence-corrected chi connectivity index (χ1v) is 9.54. The van der Waals surface area contributed by atoms with Crippen LogP contribution in [0.15, 0.2) is 35.8 Å². The third-order valence-corrected chi connectivity index (χ3v) is 7.48. The van der Waals surface area contributed by atoms with E-state index in [-0.39, 0.29) is 0 Å². The zero-order valence-corrected chi connectivity index (χ0v) is 13.6. The number of thiophene rings is 1. The van der Waals surface area contributed by atoms with Gasteiger partial charge in [0.25, 0.3) is 0 Å². The highest BCUT2D eigenvalue weighted by molar-refractivity contribution is 7.10. The number of nitrogens with one attached hydrogen (secondary N) is 2. The molecular formula is C19H19N3S. The lowest BCUT2D eigenvalue weighted by Gasteiger charge is -2.43. The molecule has 0 saturated heterocycles. The number of rotatable bonds is 1. The lowest BCUT2D eigenvalue weighted by atomic mass is 9.68. The Morgan fingerprint density at radius 3 is 3.00 bits per heavy atom. The number of hydrogen-bond acceptors (Lipinski definition) is 3. The van der Waals surface area contributed by atoms with Gasteiger partial charge in [0.15, 0.2) is 0 Å². The van der Waals surface area contributed by atoms with Crippen molar-refractivity contribution in [1.29, 1.82) is 0 Å². The van der Waals surface area contributed by atoms with Crippen molar-refractivity contribution in [2.45, 2.75) is 31.2 Å². The molecular weight excluding hydrogens is 302 g/mol. The molecule has 116 valence electrons. The van der Waals surface area contributed by atoms with Crippen LogP contribution in [0.25, 0.3) is 10.9 Å². The molecule has 1 aromatic carbocycles. The molecule has 3 nitrogen and oxygen atoms in total. The van der Waals surface area contributed by atoms with Crippen LogP contribution in [0.4, 0.5) is 5.69 Å². The van der Waals surface area contributed by atoms with Crippen LogP contribution in [-0.2, 0) is 0 Å². The Labute approximate surface area is 139 Å². The Kier molecular flexibility index (Phi) is 2.40. The highest BCUT2D eigenvalue weighted by Gasteiger charge is 2.54. The largest absolute Gasteiger partial charge is 0.377 e. The molecule has 23 heavy (non-hydrogen) atoms. The van der Waals surface area contributed by atoms with E-state index in [9.17, 15) is 0 Å². The molecule has 3 aromatic rings. The first-order chi connectivity index (χ1) is 11.4. The van der Waals surface area contributed by atoms with E-state index >= 15 is 0 Å². The molecule has 3 heterocycles. The molecule has 5 atom stereocenters. The summed E-state index contributed by atoms with van der Waals surface area (Å²) in [6.45, 7) is 0. The Hall–Kier alpha value is -1.81. The van der Waals surface area contributed by atoms with E-state index in [2.05, 4.69) is 45.2 Å². The quantitative estimate of drug-likeness (QED) is 0.668. The summed E-state index contributed by atoms with van der Waals surface area (Å²) in [7, 11) is 0. The smallest absolute Gasteiger partial charge is 0.0654 e. The third kappa shape index (κ3) is 1.57. The number of anilines is 1. The van der Waals surface area contributed by atoms with Crippen LogP contribution in [0, 0.1) is 17.8 Å².